The van der Waals surface area contributed by atoms with E-state index in [0.717, 1.165) is 32.1 Å². The van der Waals surface area contributed by atoms with Crippen molar-refractivity contribution in [2.45, 2.75) is 124 Å². The molecular formula is C22H42O4. The molecule has 0 heterocycles. The maximum atomic E-state index is 11.9. The molecule has 0 radical (unpaired) electrons. The Hall–Kier alpha value is -1.06. The topological polar surface area (TPSA) is 52.6 Å². The highest BCUT2D eigenvalue weighted by atomic mass is 16.5. The number of carbonyl (C=O) groups excluding carboxylic acids is 2. The maximum Gasteiger partial charge on any atom is 0.309 e. The lowest BCUT2D eigenvalue weighted by molar-refractivity contribution is -0.153. The van der Waals surface area contributed by atoms with Crippen LogP contribution in [-0.2, 0) is 19.1 Å². The second-order valence-corrected chi connectivity index (χ2v) is 7.85. The first kappa shape index (κ1) is 24.9. The lowest BCUT2D eigenvalue weighted by atomic mass is 9.97. The van der Waals surface area contributed by atoms with Gasteiger partial charge in [-0.3, -0.25) is 9.59 Å². The van der Waals surface area contributed by atoms with Crippen molar-refractivity contribution in [3.63, 3.8) is 0 Å². The molecule has 0 aromatic heterocycles. The summed E-state index contributed by atoms with van der Waals surface area (Å²) in [7, 11) is 0. The normalized spacial score (nSPS) is 12.4. The molecule has 0 aromatic carbocycles. The Morgan fingerprint density at radius 3 is 1.62 bits per heavy atom. The molecule has 0 amide bonds. The Kier molecular flexibility index (Phi) is 15.5. The van der Waals surface area contributed by atoms with E-state index in [1.165, 1.54) is 38.5 Å². The van der Waals surface area contributed by atoms with Crippen molar-refractivity contribution in [2.75, 3.05) is 0 Å². The van der Waals surface area contributed by atoms with Gasteiger partial charge < -0.3 is 9.47 Å². The van der Waals surface area contributed by atoms with Crippen LogP contribution in [0.15, 0.2) is 0 Å². The first-order valence-electron chi connectivity index (χ1n) is 10.8. The van der Waals surface area contributed by atoms with Crippen molar-refractivity contribution in [1.82, 2.24) is 0 Å². The number of ether oxygens (including phenoxy) is 2. The Morgan fingerprint density at radius 2 is 1.15 bits per heavy atom. The van der Waals surface area contributed by atoms with Gasteiger partial charge in [0.05, 0.1) is 18.1 Å². The fraction of sp³-hybridized carbons (Fsp3) is 0.909. The van der Waals surface area contributed by atoms with Crippen molar-refractivity contribution in [3.8, 4) is 0 Å². The van der Waals surface area contributed by atoms with Crippen LogP contribution in [0.4, 0.5) is 0 Å². The minimum Gasteiger partial charge on any atom is -0.463 e. The van der Waals surface area contributed by atoms with E-state index >= 15 is 0 Å². The Bertz CT molecular complexity index is 363. The SMILES string of the molecule is CCC(CCCCCCCCCCCC(=O)OC(C)C)C(=O)OC(C)C. The fourth-order valence-electron chi connectivity index (χ4n) is 3.04. The van der Waals surface area contributed by atoms with Crippen molar-refractivity contribution in [1.29, 1.82) is 0 Å². The van der Waals surface area contributed by atoms with E-state index < -0.39 is 0 Å². The Morgan fingerprint density at radius 1 is 0.692 bits per heavy atom. The summed E-state index contributed by atoms with van der Waals surface area (Å²) in [4.78, 5) is 23.3. The van der Waals surface area contributed by atoms with Gasteiger partial charge in [-0.2, -0.15) is 0 Å². The van der Waals surface area contributed by atoms with E-state index in [4.69, 9.17) is 9.47 Å². The molecule has 0 saturated heterocycles. The van der Waals surface area contributed by atoms with Gasteiger partial charge in [0.2, 0.25) is 0 Å². The van der Waals surface area contributed by atoms with E-state index in [0.29, 0.717) is 6.42 Å². The number of hydrogen-bond acceptors (Lipinski definition) is 4. The summed E-state index contributed by atoms with van der Waals surface area (Å²) in [6.07, 6.45) is 13.0. The highest BCUT2D eigenvalue weighted by Gasteiger charge is 2.18. The van der Waals surface area contributed by atoms with Gasteiger partial charge >= 0.3 is 11.9 Å². The van der Waals surface area contributed by atoms with E-state index in [1.807, 2.05) is 27.7 Å². The van der Waals surface area contributed by atoms with Crippen LogP contribution in [0, 0.1) is 5.92 Å². The third kappa shape index (κ3) is 15.2. The summed E-state index contributed by atoms with van der Waals surface area (Å²) < 4.78 is 10.4. The molecule has 0 spiro atoms. The molecule has 0 N–H and O–H groups in total. The molecule has 0 aliphatic heterocycles. The average Bonchev–Trinajstić information content (AvgIpc) is 2.54. The third-order valence-corrected chi connectivity index (χ3v) is 4.48. The zero-order valence-electron chi connectivity index (χ0n) is 17.9. The Balaban J connectivity index is 3.45. The van der Waals surface area contributed by atoms with Crippen molar-refractivity contribution < 1.29 is 19.1 Å². The van der Waals surface area contributed by atoms with Crippen molar-refractivity contribution in [2.24, 2.45) is 5.92 Å². The maximum absolute atomic E-state index is 11.9. The number of carbonyl (C=O) groups is 2. The fourth-order valence-corrected chi connectivity index (χ4v) is 3.04. The molecule has 154 valence electrons. The van der Waals surface area contributed by atoms with Crippen molar-refractivity contribution >= 4 is 11.9 Å². The molecule has 0 bridgehead atoms. The van der Waals surface area contributed by atoms with Crippen LogP contribution in [0.5, 0.6) is 0 Å². The van der Waals surface area contributed by atoms with Gasteiger partial charge in [-0.05, 0) is 47.0 Å². The summed E-state index contributed by atoms with van der Waals surface area (Å²) in [6, 6.07) is 0. The van der Waals surface area contributed by atoms with Crippen LogP contribution in [0.1, 0.15) is 112 Å². The van der Waals surface area contributed by atoms with E-state index in [-0.39, 0.29) is 30.1 Å². The summed E-state index contributed by atoms with van der Waals surface area (Å²) in [6.45, 7) is 9.65. The van der Waals surface area contributed by atoms with Crippen LogP contribution in [-0.4, -0.2) is 24.1 Å². The first-order chi connectivity index (χ1) is 12.4. The summed E-state index contributed by atoms with van der Waals surface area (Å²) in [5, 5.41) is 0. The molecule has 0 saturated carbocycles. The first-order valence-corrected chi connectivity index (χ1v) is 10.8. The number of esters is 2. The van der Waals surface area contributed by atoms with Gasteiger partial charge in [-0.25, -0.2) is 0 Å². The molecule has 0 rings (SSSR count). The van der Waals surface area contributed by atoms with E-state index in [9.17, 15) is 9.59 Å². The van der Waals surface area contributed by atoms with Crippen molar-refractivity contribution in [3.05, 3.63) is 0 Å². The van der Waals surface area contributed by atoms with Crippen LogP contribution < -0.4 is 0 Å². The van der Waals surface area contributed by atoms with Gasteiger partial charge in [0.15, 0.2) is 0 Å². The second-order valence-electron chi connectivity index (χ2n) is 7.85. The summed E-state index contributed by atoms with van der Waals surface area (Å²) >= 11 is 0. The standard InChI is InChI=1S/C22H42O4/c1-6-20(22(24)26-19(4)5)16-14-12-10-8-7-9-11-13-15-17-21(23)25-18(2)3/h18-20H,6-17H2,1-5H3. The summed E-state index contributed by atoms with van der Waals surface area (Å²) in [5.41, 5.74) is 0. The van der Waals surface area contributed by atoms with Gasteiger partial charge in [-0.1, -0.05) is 58.3 Å². The second kappa shape index (κ2) is 16.1. The molecule has 0 aliphatic carbocycles. The quantitative estimate of drug-likeness (QED) is 0.239. The zero-order chi connectivity index (χ0) is 19.8. The molecule has 0 aliphatic rings. The molecule has 4 nitrogen and oxygen atoms in total. The smallest absolute Gasteiger partial charge is 0.309 e. The van der Waals surface area contributed by atoms with Crippen LogP contribution in [0.3, 0.4) is 0 Å². The predicted molar refractivity (Wildman–Crippen MR) is 107 cm³/mol. The average molecular weight is 371 g/mol. The minimum absolute atomic E-state index is 0.00374. The number of rotatable bonds is 16. The molecule has 1 atom stereocenters. The Labute approximate surface area is 161 Å². The van der Waals surface area contributed by atoms with E-state index in [2.05, 4.69) is 6.92 Å². The predicted octanol–water partition coefficient (Wildman–Crippen LogP) is 6.21. The third-order valence-electron chi connectivity index (χ3n) is 4.48. The lowest BCUT2D eigenvalue weighted by Gasteiger charge is -2.16. The molecular weight excluding hydrogens is 328 g/mol. The highest BCUT2D eigenvalue weighted by molar-refractivity contribution is 5.72. The van der Waals surface area contributed by atoms with Gasteiger partial charge in [0.1, 0.15) is 0 Å². The van der Waals surface area contributed by atoms with Gasteiger partial charge in [-0.15, -0.1) is 0 Å². The van der Waals surface area contributed by atoms with Crippen LogP contribution >= 0.6 is 0 Å². The molecule has 0 fully saturated rings. The molecule has 4 heteroatoms. The van der Waals surface area contributed by atoms with Gasteiger partial charge in [0.25, 0.3) is 0 Å². The summed E-state index contributed by atoms with van der Waals surface area (Å²) in [5.74, 6) is -0.0257. The van der Waals surface area contributed by atoms with Crippen LogP contribution in [0.25, 0.3) is 0 Å². The number of unbranched alkanes of at least 4 members (excludes halogenated alkanes) is 8. The minimum atomic E-state index is -0.0670. The molecule has 0 aromatic rings. The van der Waals surface area contributed by atoms with E-state index in [1.54, 1.807) is 0 Å². The molecule has 26 heavy (non-hydrogen) atoms. The van der Waals surface area contributed by atoms with Gasteiger partial charge in [0, 0.05) is 6.42 Å². The lowest BCUT2D eigenvalue weighted by Crippen LogP contribution is -2.20. The molecule has 1 unspecified atom stereocenters. The largest absolute Gasteiger partial charge is 0.463 e. The monoisotopic (exact) mass is 370 g/mol. The number of hydrogen-bond donors (Lipinski definition) is 0. The van der Waals surface area contributed by atoms with Crippen LogP contribution in [0.2, 0.25) is 0 Å². The highest BCUT2D eigenvalue weighted by Crippen LogP contribution is 2.18. The zero-order valence-corrected chi connectivity index (χ0v) is 17.9.